The number of fused-ring (bicyclic) bond motifs is 2. The van der Waals surface area contributed by atoms with Crippen molar-refractivity contribution in [2.75, 3.05) is 31.3 Å². The minimum absolute atomic E-state index is 0.0202. The van der Waals surface area contributed by atoms with Crippen LogP contribution in [0.25, 0.3) is 0 Å². The zero-order valence-corrected chi connectivity index (χ0v) is 19.1. The van der Waals surface area contributed by atoms with Crippen molar-refractivity contribution in [3.63, 3.8) is 0 Å². The highest BCUT2D eigenvalue weighted by molar-refractivity contribution is 5.77. The van der Waals surface area contributed by atoms with Crippen LogP contribution >= 0.6 is 0 Å². The summed E-state index contributed by atoms with van der Waals surface area (Å²) in [6, 6.07) is 0.0404. The van der Waals surface area contributed by atoms with E-state index in [1.807, 2.05) is 4.90 Å². The van der Waals surface area contributed by atoms with Gasteiger partial charge in [-0.15, -0.1) is 0 Å². The number of nitrogens with one attached hydrogen (secondary N) is 2. The normalized spacial score (nSPS) is 29.7. The van der Waals surface area contributed by atoms with Crippen LogP contribution in [-0.2, 0) is 9.53 Å². The van der Waals surface area contributed by atoms with Crippen molar-refractivity contribution in [1.29, 1.82) is 0 Å². The molecule has 1 aromatic rings. The van der Waals surface area contributed by atoms with Crippen molar-refractivity contribution in [1.82, 2.24) is 15.3 Å². The minimum Gasteiger partial charge on any atom is -0.465 e. The van der Waals surface area contributed by atoms with Crippen LogP contribution in [0.2, 0.25) is 0 Å². The highest BCUT2D eigenvalue weighted by Gasteiger charge is 2.40. The van der Waals surface area contributed by atoms with Gasteiger partial charge in [0.2, 0.25) is 5.82 Å². The number of anilines is 1. The third kappa shape index (κ3) is 5.08. The van der Waals surface area contributed by atoms with Gasteiger partial charge in [0.05, 0.1) is 25.3 Å². The fourth-order valence-corrected chi connectivity index (χ4v) is 5.67. The molecule has 9 heteroatoms. The summed E-state index contributed by atoms with van der Waals surface area (Å²) in [7, 11) is 0. The summed E-state index contributed by atoms with van der Waals surface area (Å²) in [5.41, 5.74) is -0.693. The number of rotatable bonds is 8. The molecule has 2 N–H and O–H groups in total. The molecule has 178 valence electrons. The van der Waals surface area contributed by atoms with E-state index in [0.717, 1.165) is 37.5 Å². The molecule has 0 radical (unpaired) electrons. The second-order valence-electron chi connectivity index (χ2n) is 9.55. The summed E-state index contributed by atoms with van der Waals surface area (Å²) in [5, 5.41) is 2.92. The Labute approximate surface area is 188 Å². The summed E-state index contributed by atoms with van der Waals surface area (Å²) < 4.78 is 26.0. The molecule has 4 rings (SSSR count). The van der Waals surface area contributed by atoms with E-state index in [9.17, 15) is 9.59 Å². The Bertz CT molecular complexity index is 835. The second-order valence-corrected chi connectivity index (χ2v) is 9.55. The van der Waals surface area contributed by atoms with Gasteiger partial charge in [-0.05, 0) is 49.9 Å². The minimum atomic E-state index is -0.736. The van der Waals surface area contributed by atoms with Crippen LogP contribution in [-0.4, -0.2) is 54.3 Å². The van der Waals surface area contributed by atoms with E-state index in [1.165, 1.54) is 19.3 Å². The number of aromatic amines is 1. The third-order valence-electron chi connectivity index (χ3n) is 7.41. The van der Waals surface area contributed by atoms with Crippen LogP contribution < -0.4 is 20.6 Å². The zero-order chi connectivity index (χ0) is 22.7. The number of hydrogen-bond acceptors (Lipinski definition) is 6. The average Bonchev–Trinajstić information content (AvgIpc) is 3.04. The van der Waals surface area contributed by atoms with Crippen molar-refractivity contribution >= 4 is 11.7 Å². The number of halogens is 1. The van der Waals surface area contributed by atoms with E-state index in [4.69, 9.17) is 9.47 Å². The molecule has 3 aliphatic rings. The van der Waals surface area contributed by atoms with Crippen molar-refractivity contribution in [3.8, 4) is 5.88 Å². The number of morpholine rings is 1. The van der Waals surface area contributed by atoms with Gasteiger partial charge in [-0.3, -0.25) is 9.78 Å². The largest absolute Gasteiger partial charge is 0.465 e. The van der Waals surface area contributed by atoms with Gasteiger partial charge in [-0.25, -0.2) is 4.79 Å². The van der Waals surface area contributed by atoms with Gasteiger partial charge < -0.3 is 19.7 Å². The molecule has 0 aromatic carbocycles. The topological polar surface area (TPSA) is 96.5 Å². The lowest BCUT2D eigenvalue weighted by Crippen LogP contribution is -2.47. The Kier molecular flexibility index (Phi) is 7.33. The number of amides is 1. The van der Waals surface area contributed by atoms with Crippen LogP contribution in [0.15, 0.2) is 4.79 Å². The summed E-state index contributed by atoms with van der Waals surface area (Å²) in [6.45, 7) is 5.68. The number of carbonyl (C=O) groups is 1. The maximum Gasteiger partial charge on any atom is 0.349 e. The lowest BCUT2D eigenvalue weighted by atomic mass is 9.73. The molecule has 2 bridgehead atoms. The van der Waals surface area contributed by atoms with Gasteiger partial charge in [0.15, 0.2) is 12.4 Å². The first-order valence-electron chi connectivity index (χ1n) is 12.0. The summed E-state index contributed by atoms with van der Waals surface area (Å²) in [5.74, 6) is 0.478. The predicted molar refractivity (Wildman–Crippen MR) is 118 cm³/mol. The molecule has 3 fully saturated rings. The molecule has 1 aliphatic carbocycles. The van der Waals surface area contributed by atoms with E-state index >= 15 is 4.39 Å². The van der Waals surface area contributed by atoms with E-state index < -0.39 is 17.4 Å². The fraction of sp³-hybridized carbons (Fsp3) is 0.783. The van der Waals surface area contributed by atoms with Gasteiger partial charge in [-0.1, -0.05) is 26.7 Å². The Morgan fingerprint density at radius 1 is 1.16 bits per heavy atom. The molecule has 1 aromatic heterocycles. The van der Waals surface area contributed by atoms with Gasteiger partial charge in [-0.2, -0.15) is 9.37 Å². The monoisotopic (exact) mass is 450 g/mol. The molecule has 1 saturated carbocycles. The third-order valence-corrected chi connectivity index (χ3v) is 7.41. The van der Waals surface area contributed by atoms with Crippen molar-refractivity contribution in [3.05, 3.63) is 16.3 Å². The number of H-pyrrole nitrogens is 1. The predicted octanol–water partition coefficient (Wildman–Crippen LogP) is 2.62. The first-order chi connectivity index (χ1) is 15.5. The quantitative estimate of drug-likeness (QED) is 0.632. The van der Waals surface area contributed by atoms with Crippen LogP contribution in [0.1, 0.15) is 58.8 Å². The molecule has 32 heavy (non-hydrogen) atoms. The lowest BCUT2D eigenvalue weighted by molar-refractivity contribution is -0.123. The maximum absolute atomic E-state index is 15.1. The SMILES string of the molecule is CCC1CC(CC)CC(CNC(=O)COc2nc(=O)[nH]c(N3C4CCC3COC4)c2F)C1. The number of hydrogen-bond donors (Lipinski definition) is 2. The van der Waals surface area contributed by atoms with Crippen molar-refractivity contribution < 1.29 is 18.7 Å². The van der Waals surface area contributed by atoms with Crippen LogP contribution in [0.3, 0.4) is 0 Å². The number of ether oxygens (including phenoxy) is 2. The van der Waals surface area contributed by atoms with Crippen LogP contribution in [0, 0.1) is 23.6 Å². The summed E-state index contributed by atoms with van der Waals surface area (Å²) >= 11 is 0. The molecule has 4 unspecified atom stereocenters. The second kappa shape index (κ2) is 10.2. The maximum atomic E-state index is 15.1. The van der Waals surface area contributed by atoms with Crippen molar-refractivity contribution in [2.45, 2.75) is 70.9 Å². The highest BCUT2D eigenvalue weighted by Crippen LogP contribution is 2.37. The van der Waals surface area contributed by atoms with Gasteiger partial charge in [0, 0.05) is 6.54 Å². The molecule has 4 atom stereocenters. The molecular weight excluding hydrogens is 415 g/mol. The van der Waals surface area contributed by atoms with Crippen molar-refractivity contribution in [2.24, 2.45) is 17.8 Å². The Balaban J connectivity index is 1.34. The molecule has 2 saturated heterocycles. The molecule has 1 amide bonds. The zero-order valence-electron chi connectivity index (χ0n) is 19.1. The lowest BCUT2D eigenvalue weighted by Gasteiger charge is -2.36. The molecule has 0 spiro atoms. The Morgan fingerprint density at radius 3 is 2.41 bits per heavy atom. The van der Waals surface area contributed by atoms with Gasteiger partial charge in [0.1, 0.15) is 0 Å². The van der Waals surface area contributed by atoms with Gasteiger partial charge >= 0.3 is 5.69 Å². The van der Waals surface area contributed by atoms with Crippen LogP contribution in [0.5, 0.6) is 5.88 Å². The number of nitrogens with zero attached hydrogens (tertiary/aromatic N) is 2. The Hall–Kier alpha value is -2.16. The first kappa shape index (κ1) is 23.0. The molecular formula is C23H35FN4O4. The fourth-order valence-electron chi connectivity index (χ4n) is 5.67. The molecule has 3 heterocycles. The van der Waals surface area contributed by atoms with E-state index in [-0.39, 0.29) is 30.4 Å². The Morgan fingerprint density at radius 2 is 1.78 bits per heavy atom. The number of aromatic nitrogens is 2. The first-order valence-corrected chi connectivity index (χ1v) is 12.0. The van der Waals surface area contributed by atoms with Gasteiger partial charge in [0.25, 0.3) is 11.8 Å². The van der Waals surface area contributed by atoms with E-state index in [1.54, 1.807) is 0 Å². The highest BCUT2D eigenvalue weighted by atomic mass is 19.1. The molecule has 8 nitrogen and oxygen atoms in total. The van der Waals surface area contributed by atoms with Crippen LogP contribution in [0.4, 0.5) is 10.2 Å². The average molecular weight is 451 g/mol. The van der Waals surface area contributed by atoms with E-state index in [0.29, 0.717) is 25.7 Å². The van der Waals surface area contributed by atoms with E-state index in [2.05, 4.69) is 29.1 Å². The molecule has 2 aliphatic heterocycles. The summed E-state index contributed by atoms with van der Waals surface area (Å²) in [6.07, 6.45) is 7.64. The smallest absolute Gasteiger partial charge is 0.349 e. The standard InChI is InChI=1S/C23H35FN4O4/c1-3-14-7-15(4-2)9-16(8-14)10-25-19(29)13-32-22-20(24)21(26-23(30)27-22)28-17-5-6-18(28)12-31-11-17/h14-18H,3-13H2,1-2H3,(H,25,29)(H,26,27,30). The number of carbonyl (C=O) groups excluding carboxylic acids is 1. The summed E-state index contributed by atoms with van der Waals surface area (Å²) in [4.78, 5) is 32.4.